The van der Waals surface area contributed by atoms with Crippen molar-refractivity contribution >= 4 is 11.3 Å². The van der Waals surface area contributed by atoms with E-state index in [-0.39, 0.29) is 5.69 Å². The highest BCUT2D eigenvalue weighted by molar-refractivity contribution is 5.70. The van der Waals surface area contributed by atoms with Crippen LogP contribution in [0.2, 0.25) is 0 Å². The van der Waals surface area contributed by atoms with Crippen LogP contribution in [0.4, 0.5) is 0 Å². The summed E-state index contributed by atoms with van der Waals surface area (Å²) < 4.78 is 7.10. The number of nitrogens with one attached hydrogen (secondary N) is 1. The third-order valence-electron chi connectivity index (χ3n) is 5.47. The number of imidazole rings is 1. The fourth-order valence-corrected chi connectivity index (χ4v) is 3.66. The normalized spacial score (nSPS) is 16.0. The lowest BCUT2D eigenvalue weighted by Crippen LogP contribution is -2.22. The topological polar surface area (TPSA) is 93.0 Å². The molecule has 1 saturated heterocycles. The highest BCUT2D eigenvalue weighted by Gasteiger charge is 2.18. The number of aliphatic hydroxyl groups is 1. The van der Waals surface area contributed by atoms with E-state index in [0.717, 1.165) is 43.6 Å². The minimum Gasteiger partial charge on any atom is -0.386 e. The average molecular weight is 382 g/mol. The molecule has 1 fully saturated rings. The van der Waals surface area contributed by atoms with Crippen molar-refractivity contribution in [1.29, 1.82) is 0 Å². The predicted octanol–water partition coefficient (Wildman–Crippen LogP) is 2.83. The number of H-pyrrole nitrogens is 1. The minimum absolute atomic E-state index is 0.170. The Morgan fingerprint density at radius 1 is 1.25 bits per heavy atom. The third kappa shape index (κ3) is 3.86. The molecular formula is C21H26N4O3. The van der Waals surface area contributed by atoms with Gasteiger partial charge < -0.3 is 9.84 Å². The maximum Gasteiger partial charge on any atom is 0.328 e. The number of benzene rings is 1. The van der Waals surface area contributed by atoms with Gasteiger partial charge in [-0.15, -0.1) is 0 Å². The Hall–Kier alpha value is -2.51. The van der Waals surface area contributed by atoms with Crippen LogP contribution in [0.5, 0.6) is 0 Å². The van der Waals surface area contributed by atoms with Crippen LogP contribution < -0.4 is 5.69 Å². The molecule has 2 N–H and O–H groups in total. The Bertz CT molecular complexity index is 1010. The second kappa shape index (κ2) is 7.48. The van der Waals surface area contributed by atoms with E-state index in [1.165, 1.54) is 0 Å². The molecule has 1 aliphatic heterocycles. The van der Waals surface area contributed by atoms with Gasteiger partial charge in [0.25, 0.3) is 0 Å². The van der Waals surface area contributed by atoms with Crippen LogP contribution in [0, 0.1) is 5.92 Å². The zero-order valence-corrected chi connectivity index (χ0v) is 16.3. The van der Waals surface area contributed by atoms with Crippen molar-refractivity contribution in [2.24, 2.45) is 5.92 Å². The summed E-state index contributed by atoms with van der Waals surface area (Å²) in [4.78, 5) is 24.3. The summed E-state index contributed by atoms with van der Waals surface area (Å²) in [6.07, 6.45) is 4.69. The van der Waals surface area contributed by atoms with Gasteiger partial charge in [0.2, 0.25) is 0 Å². The molecule has 1 aliphatic rings. The van der Waals surface area contributed by atoms with Crippen LogP contribution in [0.3, 0.4) is 0 Å². The molecule has 7 nitrogen and oxygen atoms in total. The van der Waals surface area contributed by atoms with Crippen molar-refractivity contribution in [2.45, 2.75) is 45.3 Å². The fourth-order valence-electron chi connectivity index (χ4n) is 3.66. The average Bonchev–Trinajstić information content (AvgIpc) is 3.01. The molecule has 3 aromatic rings. The van der Waals surface area contributed by atoms with Gasteiger partial charge in [-0.1, -0.05) is 24.3 Å². The lowest BCUT2D eigenvalue weighted by molar-refractivity contribution is 0.0626. The Morgan fingerprint density at radius 3 is 2.64 bits per heavy atom. The highest BCUT2D eigenvalue weighted by Crippen LogP contribution is 2.24. The predicted molar refractivity (Wildman–Crippen MR) is 107 cm³/mol. The zero-order chi connectivity index (χ0) is 19.7. The Labute approximate surface area is 163 Å². The van der Waals surface area contributed by atoms with E-state index in [1.54, 1.807) is 24.6 Å². The van der Waals surface area contributed by atoms with Crippen molar-refractivity contribution < 1.29 is 9.84 Å². The van der Waals surface area contributed by atoms with Crippen LogP contribution >= 0.6 is 0 Å². The summed E-state index contributed by atoms with van der Waals surface area (Å²) in [6.45, 7) is 5.74. The molecule has 2 aromatic heterocycles. The van der Waals surface area contributed by atoms with Crippen molar-refractivity contribution in [3.8, 4) is 11.3 Å². The van der Waals surface area contributed by atoms with E-state index in [4.69, 9.17) is 9.72 Å². The van der Waals surface area contributed by atoms with Crippen molar-refractivity contribution in [3.05, 3.63) is 46.5 Å². The highest BCUT2D eigenvalue weighted by atomic mass is 16.5. The van der Waals surface area contributed by atoms with Crippen LogP contribution in [-0.2, 0) is 16.9 Å². The summed E-state index contributed by atoms with van der Waals surface area (Å²) in [5.41, 5.74) is 2.46. The molecule has 0 unspecified atom stereocenters. The molecule has 7 heteroatoms. The number of aryl methyl sites for hydroxylation is 1. The Morgan fingerprint density at radius 2 is 1.96 bits per heavy atom. The van der Waals surface area contributed by atoms with Gasteiger partial charge in [0.15, 0.2) is 11.3 Å². The maximum atomic E-state index is 12.4. The van der Waals surface area contributed by atoms with Crippen molar-refractivity contribution in [1.82, 2.24) is 19.5 Å². The van der Waals surface area contributed by atoms with Crippen LogP contribution in [0.1, 0.15) is 38.7 Å². The Balaban J connectivity index is 1.61. The lowest BCUT2D eigenvalue weighted by atomic mass is 9.97. The van der Waals surface area contributed by atoms with Gasteiger partial charge in [-0.05, 0) is 44.6 Å². The second-order valence-electron chi connectivity index (χ2n) is 7.99. The quantitative estimate of drug-likeness (QED) is 0.708. The number of nitrogens with zero attached hydrogens (tertiary/aromatic N) is 3. The second-order valence-corrected chi connectivity index (χ2v) is 7.99. The first kappa shape index (κ1) is 18.8. The van der Waals surface area contributed by atoms with E-state index in [9.17, 15) is 9.90 Å². The molecule has 148 valence electrons. The van der Waals surface area contributed by atoms with Gasteiger partial charge in [-0.25, -0.2) is 14.8 Å². The fraction of sp³-hybridized carbons (Fsp3) is 0.476. The summed E-state index contributed by atoms with van der Waals surface area (Å²) >= 11 is 0. The zero-order valence-electron chi connectivity index (χ0n) is 16.3. The first-order valence-corrected chi connectivity index (χ1v) is 9.78. The molecule has 28 heavy (non-hydrogen) atoms. The number of rotatable bonds is 5. The van der Waals surface area contributed by atoms with Gasteiger partial charge in [0.1, 0.15) is 0 Å². The number of ether oxygens (including phenoxy) is 1. The maximum absolute atomic E-state index is 12.4. The molecule has 0 bridgehead atoms. The largest absolute Gasteiger partial charge is 0.386 e. The van der Waals surface area contributed by atoms with Crippen LogP contribution in [0.15, 0.2) is 35.3 Å². The molecule has 1 aromatic carbocycles. The van der Waals surface area contributed by atoms with Crippen LogP contribution in [-0.4, -0.2) is 37.8 Å². The monoisotopic (exact) mass is 382 g/mol. The Kier molecular flexibility index (Phi) is 5.03. The molecular weight excluding hydrogens is 356 g/mol. The summed E-state index contributed by atoms with van der Waals surface area (Å²) in [7, 11) is 0. The van der Waals surface area contributed by atoms with E-state index < -0.39 is 5.60 Å². The summed E-state index contributed by atoms with van der Waals surface area (Å²) in [5, 5.41) is 10.1. The van der Waals surface area contributed by atoms with Gasteiger partial charge in [0, 0.05) is 25.3 Å². The molecule has 0 radical (unpaired) electrons. The van der Waals surface area contributed by atoms with Crippen molar-refractivity contribution in [2.75, 3.05) is 13.2 Å². The first-order chi connectivity index (χ1) is 13.4. The molecule has 4 rings (SSSR count). The molecule has 0 aliphatic carbocycles. The van der Waals surface area contributed by atoms with E-state index in [1.807, 2.05) is 24.3 Å². The molecule has 0 saturated carbocycles. The molecule has 0 atom stereocenters. The van der Waals surface area contributed by atoms with Gasteiger partial charge >= 0.3 is 5.69 Å². The number of aromatic amines is 1. The molecule has 0 spiro atoms. The van der Waals surface area contributed by atoms with Gasteiger partial charge in [-0.3, -0.25) is 9.55 Å². The number of hydrogen-bond donors (Lipinski definition) is 2. The van der Waals surface area contributed by atoms with E-state index in [2.05, 4.69) is 9.97 Å². The van der Waals surface area contributed by atoms with E-state index in [0.29, 0.717) is 29.5 Å². The standard InChI is InChI=1S/C21H26N4O3/c1-21(2,27)16-5-3-15(4-6-16)17-13-22-18-19(23-17)25(20(26)24-18)10-7-14-8-11-28-12-9-14/h3-6,13-14,27H,7-12H2,1-2H3,(H,22,24,26). The number of fused-ring (bicyclic) bond motifs is 1. The lowest BCUT2D eigenvalue weighted by Gasteiger charge is -2.21. The van der Waals surface area contributed by atoms with Crippen molar-refractivity contribution in [3.63, 3.8) is 0 Å². The first-order valence-electron chi connectivity index (χ1n) is 9.78. The van der Waals surface area contributed by atoms with Crippen LogP contribution in [0.25, 0.3) is 22.6 Å². The minimum atomic E-state index is -0.889. The van der Waals surface area contributed by atoms with Gasteiger partial charge in [0.05, 0.1) is 17.5 Å². The molecule has 0 amide bonds. The smallest absolute Gasteiger partial charge is 0.328 e. The van der Waals surface area contributed by atoms with E-state index >= 15 is 0 Å². The molecule has 3 heterocycles. The number of aromatic nitrogens is 4. The SMILES string of the molecule is CC(C)(O)c1ccc(-c2cnc3[nH]c(=O)n(CCC4CCOCC4)c3n2)cc1. The third-order valence-corrected chi connectivity index (χ3v) is 5.47. The number of hydrogen-bond acceptors (Lipinski definition) is 5. The summed E-state index contributed by atoms with van der Waals surface area (Å²) in [6, 6.07) is 7.60. The summed E-state index contributed by atoms with van der Waals surface area (Å²) in [5.74, 6) is 0.580. The van der Waals surface area contributed by atoms with Gasteiger partial charge in [-0.2, -0.15) is 0 Å².